The number of esters is 1. The molecule has 1 rings (SSSR count). The van der Waals surface area contributed by atoms with Gasteiger partial charge in [0, 0.05) is 16.9 Å². The van der Waals surface area contributed by atoms with Crippen LogP contribution in [0, 0.1) is 0 Å². The summed E-state index contributed by atoms with van der Waals surface area (Å²) in [7, 11) is 1.30. The van der Waals surface area contributed by atoms with Crippen LogP contribution in [0.4, 0.5) is 0 Å². The van der Waals surface area contributed by atoms with Crippen LogP contribution in [-0.4, -0.2) is 24.8 Å². The molecular weight excluding hydrogens is 204 g/mol. The fourth-order valence-electron chi connectivity index (χ4n) is 0.706. The van der Waals surface area contributed by atoms with Gasteiger partial charge in [0.15, 0.2) is 6.61 Å². The molecule has 0 spiro atoms. The Hall–Kier alpha value is -1.20. The lowest BCUT2D eigenvalue weighted by molar-refractivity contribution is -0.142. The quantitative estimate of drug-likeness (QED) is 0.609. The van der Waals surface area contributed by atoms with Gasteiger partial charge in [-0.1, -0.05) is 0 Å². The van der Waals surface area contributed by atoms with E-state index in [0.29, 0.717) is 0 Å². The van der Waals surface area contributed by atoms with E-state index in [1.165, 1.54) is 7.11 Å². The largest absolute Gasteiger partial charge is 0.508 e. The maximum absolute atomic E-state index is 10.7. The minimum Gasteiger partial charge on any atom is -0.508 e. The van der Waals surface area contributed by atoms with Gasteiger partial charge in [-0.2, -0.15) is 0 Å². The Kier molecular flexibility index (Phi) is 4.28. The van der Waals surface area contributed by atoms with E-state index in [-0.39, 0.29) is 12.4 Å². The third kappa shape index (κ3) is 3.68. The topological polar surface area (TPSA) is 55.8 Å². The van der Waals surface area contributed by atoms with E-state index in [2.05, 4.69) is 4.74 Å². The third-order valence-electron chi connectivity index (χ3n) is 1.40. The number of carbonyl (C=O) groups is 1. The van der Waals surface area contributed by atoms with Crippen molar-refractivity contribution in [1.82, 2.24) is 0 Å². The van der Waals surface area contributed by atoms with Gasteiger partial charge in [-0.3, -0.25) is 4.18 Å². The van der Waals surface area contributed by atoms with Crippen molar-refractivity contribution in [3.05, 3.63) is 24.3 Å². The average Bonchev–Trinajstić information content (AvgIpc) is 2.21. The predicted octanol–water partition coefficient (Wildman–Crippen LogP) is 1.59. The van der Waals surface area contributed by atoms with Crippen LogP contribution >= 0.6 is 12.0 Å². The minimum absolute atomic E-state index is 0.0952. The van der Waals surface area contributed by atoms with Crippen molar-refractivity contribution in [3.8, 4) is 5.75 Å². The molecule has 0 aliphatic heterocycles. The maximum atomic E-state index is 10.7. The van der Waals surface area contributed by atoms with E-state index >= 15 is 0 Å². The standard InChI is InChI=1S/C9H10O4S/c1-12-9(11)6-13-14-8-4-2-7(10)3-5-8/h2-5,10H,6H2,1H3. The zero-order valence-electron chi connectivity index (χ0n) is 7.60. The summed E-state index contributed by atoms with van der Waals surface area (Å²) in [6.45, 7) is -0.0952. The lowest BCUT2D eigenvalue weighted by atomic mass is 10.3. The maximum Gasteiger partial charge on any atom is 0.333 e. The Bertz CT molecular complexity index is 296. The van der Waals surface area contributed by atoms with E-state index in [1.54, 1.807) is 24.3 Å². The zero-order valence-corrected chi connectivity index (χ0v) is 8.41. The van der Waals surface area contributed by atoms with Crippen LogP contribution in [0.15, 0.2) is 29.2 Å². The summed E-state index contributed by atoms with van der Waals surface area (Å²) >= 11 is 1.06. The van der Waals surface area contributed by atoms with Gasteiger partial charge in [-0.25, -0.2) is 4.79 Å². The van der Waals surface area contributed by atoms with Gasteiger partial charge in [0.05, 0.1) is 7.11 Å². The number of benzene rings is 1. The lowest BCUT2D eigenvalue weighted by Gasteiger charge is -2.01. The Balaban J connectivity index is 2.31. The summed E-state index contributed by atoms with van der Waals surface area (Å²) in [5.74, 6) is -0.224. The van der Waals surface area contributed by atoms with Crippen molar-refractivity contribution >= 4 is 18.0 Å². The molecule has 1 aromatic rings. The van der Waals surface area contributed by atoms with Gasteiger partial charge in [-0.15, -0.1) is 0 Å². The highest BCUT2D eigenvalue weighted by Gasteiger charge is 2.01. The molecule has 0 heterocycles. The van der Waals surface area contributed by atoms with Crippen molar-refractivity contribution in [2.45, 2.75) is 4.90 Å². The first-order valence-electron chi connectivity index (χ1n) is 3.87. The van der Waals surface area contributed by atoms with E-state index in [9.17, 15) is 4.79 Å². The fraction of sp³-hybridized carbons (Fsp3) is 0.222. The second kappa shape index (κ2) is 5.51. The van der Waals surface area contributed by atoms with Gasteiger partial charge < -0.3 is 9.84 Å². The van der Waals surface area contributed by atoms with Gasteiger partial charge in [0.2, 0.25) is 0 Å². The molecule has 14 heavy (non-hydrogen) atoms. The molecule has 0 unspecified atom stereocenters. The van der Waals surface area contributed by atoms with E-state index < -0.39 is 5.97 Å². The molecule has 76 valence electrons. The molecule has 0 radical (unpaired) electrons. The molecular formula is C9H10O4S. The van der Waals surface area contributed by atoms with Gasteiger partial charge >= 0.3 is 5.97 Å². The van der Waals surface area contributed by atoms with E-state index in [0.717, 1.165) is 16.9 Å². The van der Waals surface area contributed by atoms with Crippen LogP contribution in [0.5, 0.6) is 5.75 Å². The highest BCUT2D eigenvalue weighted by atomic mass is 32.2. The number of phenolic OH excluding ortho intramolecular Hbond substituents is 1. The number of ether oxygens (including phenoxy) is 1. The number of carbonyl (C=O) groups excluding carboxylic acids is 1. The Morgan fingerprint density at radius 1 is 1.43 bits per heavy atom. The monoisotopic (exact) mass is 214 g/mol. The summed E-state index contributed by atoms with van der Waals surface area (Å²) in [5.41, 5.74) is 0. The summed E-state index contributed by atoms with van der Waals surface area (Å²) in [6, 6.07) is 6.47. The molecule has 0 saturated carbocycles. The molecule has 0 aliphatic carbocycles. The van der Waals surface area contributed by atoms with Crippen molar-refractivity contribution in [2.24, 2.45) is 0 Å². The molecule has 0 fully saturated rings. The molecule has 0 saturated heterocycles. The fourth-order valence-corrected chi connectivity index (χ4v) is 1.24. The zero-order chi connectivity index (χ0) is 10.4. The Morgan fingerprint density at radius 2 is 2.07 bits per heavy atom. The molecule has 0 atom stereocenters. The SMILES string of the molecule is COC(=O)COSc1ccc(O)cc1. The second-order valence-corrected chi connectivity index (χ2v) is 3.29. The number of rotatable bonds is 4. The van der Waals surface area contributed by atoms with E-state index in [4.69, 9.17) is 9.29 Å². The smallest absolute Gasteiger partial charge is 0.333 e. The number of hydrogen-bond acceptors (Lipinski definition) is 5. The molecule has 1 aromatic carbocycles. The average molecular weight is 214 g/mol. The first kappa shape index (κ1) is 10.9. The van der Waals surface area contributed by atoms with Crippen LogP contribution in [0.25, 0.3) is 0 Å². The Labute approximate surface area is 86.0 Å². The normalized spacial score (nSPS) is 9.79. The lowest BCUT2D eigenvalue weighted by Crippen LogP contribution is -2.06. The van der Waals surface area contributed by atoms with Crippen LogP contribution < -0.4 is 0 Å². The van der Waals surface area contributed by atoms with Crippen LogP contribution in [-0.2, 0) is 13.7 Å². The van der Waals surface area contributed by atoms with Crippen molar-refractivity contribution in [2.75, 3.05) is 13.7 Å². The van der Waals surface area contributed by atoms with Gasteiger partial charge in [-0.05, 0) is 24.3 Å². The molecule has 0 bridgehead atoms. The molecule has 0 amide bonds. The Morgan fingerprint density at radius 3 is 2.64 bits per heavy atom. The number of methoxy groups -OCH3 is 1. The molecule has 5 heteroatoms. The minimum atomic E-state index is -0.420. The van der Waals surface area contributed by atoms with Crippen LogP contribution in [0.3, 0.4) is 0 Å². The summed E-state index contributed by atoms with van der Waals surface area (Å²) in [6.07, 6.45) is 0. The van der Waals surface area contributed by atoms with Crippen molar-refractivity contribution < 1.29 is 18.8 Å². The first-order chi connectivity index (χ1) is 6.72. The summed E-state index contributed by atoms with van der Waals surface area (Å²) in [4.78, 5) is 11.5. The summed E-state index contributed by atoms with van der Waals surface area (Å²) < 4.78 is 9.36. The highest BCUT2D eigenvalue weighted by Crippen LogP contribution is 2.21. The van der Waals surface area contributed by atoms with Crippen LogP contribution in [0.1, 0.15) is 0 Å². The first-order valence-corrected chi connectivity index (χ1v) is 4.62. The molecule has 1 N–H and O–H groups in total. The molecule has 0 aliphatic rings. The van der Waals surface area contributed by atoms with Gasteiger partial charge in [0.1, 0.15) is 5.75 Å². The number of aromatic hydroxyl groups is 1. The summed E-state index contributed by atoms with van der Waals surface area (Å²) in [5, 5.41) is 8.98. The number of hydrogen-bond donors (Lipinski definition) is 1. The highest BCUT2D eigenvalue weighted by molar-refractivity contribution is 7.94. The molecule has 4 nitrogen and oxygen atoms in total. The van der Waals surface area contributed by atoms with Crippen molar-refractivity contribution in [1.29, 1.82) is 0 Å². The van der Waals surface area contributed by atoms with E-state index in [1.807, 2.05) is 0 Å². The second-order valence-electron chi connectivity index (χ2n) is 2.42. The van der Waals surface area contributed by atoms with Crippen LogP contribution in [0.2, 0.25) is 0 Å². The van der Waals surface area contributed by atoms with Crippen molar-refractivity contribution in [3.63, 3.8) is 0 Å². The van der Waals surface area contributed by atoms with Gasteiger partial charge in [0.25, 0.3) is 0 Å². The predicted molar refractivity (Wildman–Crippen MR) is 51.9 cm³/mol. The third-order valence-corrected chi connectivity index (χ3v) is 2.10. The molecule has 0 aromatic heterocycles. The number of phenols is 1.